The van der Waals surface area contributed by atoms with Crippen molar-refractivity contribution in [2.75, 3.05) is 6.54 Å². The third-order valence-electron chi connectivity index (χ3n) is 5.58. The minimum atomic E-state index is -4.41. The second-order valence-corrected chi connectivity index (χ2v) is 7.87. The van der Waals surface area contributed by atoms with Gasteiger partial charge in [0.1, 0.15) is 5.82 Å². The summed E-state index contributed by atoms with van der Waals surface area (Å²) in [6.45, 7) is 1.61. The van der Waals surface area contributed by atoms with Crippen molar-refractivity contribution in [1.29, 1.82) is 0 Å². The van der Waals surface area contributed by atoms with Crippen molar-refractivity contribution in [3.8, 4) is 17.1 Å². The number of H-pyrrole nitrogens is 1. The molecule has 0 unspecified atom stereocenters. The second-order valence-electron chi connectivity index (χ2n) is 7.87. The van der Waals surface area contributed by atoms with Crippen molar-refractivity contribution < 1.29 is 13.2 Å². The first-order chi connectivity index (χ1) is 15.9. The molecule has 0 saturated heterocycles. The minimum absolute atomic E-state index is 0.270. The predicted octanol–water partition coefficient (Wildman–Crippen LogP) is 3.59. The summed E-state index contributed by atoms with van der Waals surface area (Å²) in [5.74, 6) is 0.270. The molecule has 1 aliphatic heterocycles. The average Bonchev–Trinajstić information content (AvgIpc) is 3.28. The Morgan fingerprint density at radius 3 is 2.52 bits per heavy atom. The highest BCUT2D eigenvalue weighted by Crippen LogP contribution is 2.30. The Kier molecular flexibility index (Phi) is 5.29. The first-order valence-corrected chi connectivity index (χ1v) is 10.4. The number of rotatable bonds is 4. The normalized spacial score (nSPS) is 14.3. The zero-order valence-electron chi connectivity index (χ0n) is 17.4. The van der Waals surface area contributed by atoms with Gasteiger partial charge < -0.3 is 4.98 Å². The van der Waals surface area contributed by atoms with Crippen LogP contribution in [0, 0.1) is 0 Å². The molecule has 0 saturated carbocycles. The van der Waals surface area contributed by atoms with Gasteiger partial charge in [-0.2, -0.15) is 13.2 Å². The average molecular weight is 452 g/mol. The van der Waals surface area contributed by atoms with Gasteiger partial charge >= 0.3 is 6.18 Å². The summed E-state index contributed by atoms with van der Waals surface area (Å²) in [6.07, 6.45) is -1.99. The molecule has 0 bridgehead atoms. The first kappa shape index (κ1) is 21.1. The van der Waals surface area contributed by atoms with Gasteiger partial charge in [-0.15, -0.1) is 5.10 Å². The van der Waals surface area contributed by atoms with Crippen LogP contribution in [0.3, 0.4) is 0 Å². The number of fused-ring (bicyclic) bond motifs is 1. The highest BCUT2D eigenvalue weighted by Gasteiger charge is 2.30. The van der Waals surface area contributed by atoms with Gasteiger partial charge in [-0.05, 0) is 24.3 Å². The van der Waals surface area contributed by atoms with E-state index >= 15 is 0 Å². The number of hydrogen-bond donors (Lipinski definition) is 1. The van der Waals surface area contributed by atoms with E-state index in [-0.39, 0.29) is 11.4 Å². The molecule has 0 aliphatic carbocycles. The third kappa shape index (κ3) is 4.42. The van der Waals surface area contributed by atoms with Gasteiger partial charge in [-0.3, -0.25) is 9.69 Å². The van der Waals surface area contributed by atoms with Crippen LogP contribution >= 0.6 is 0 Å². The molecule has 33 heavy (non-hydrogen) atoms. The van der Waals surface area contributed by atoms with Crippen LogP contribution in [0.5, 0.6) is 0 Å². The van der Waals surface area contributed by atoms with Gasteiger partial charge in [-0.1, -0.05) is 35.5 Å². The molecule has 4 aromatic rings. The SMILES string of the molecule is O=c1[nH]c(-c2ccc(C(F)(F)F)cc2)nc2c1CN(Cc1cn(-c3ccccc3)nn1)CC2. The van der Waals surface area contributed by atoms with Gasteiger partial charge in [0.2, 0.25) is 0 Å². The number of nitrogens with zero attached hydrogens (tertiary/aromatic N) is 5. The van der Waals surface area contributed by atoms with Gasteiger partial charge in [0.15, 0.2) is 0 Å². The third-order valence-corrected chi connectivity index (χ3v) is 5.58. The fraction of sp³-hybridized carbons (Fsp3) is 0.217. The number of aromatic nitrogens is 5. The van der Waals surface area contributed by atoms with Crippen LogP contribution in [0.1, 0.15) is 22.5 Å². The number of nitrogens with one attached hydrogen (secondary N) is 1. The fourth-order valence-corrected chi connectivity index (χ4v) is 3.88. The first-order valence-electron chi connectivity index (χ1n) is 10.4. The van der Waals surface area contributed by atoms with Crippen LogP contribution in [0.4, 0.5) is 13.2 Å². The van der Waals surface area contributed by atoms with E-state index in [1.807, 2.05) is 36.5 Å². The Hall–Kier alpha value is -3.79. The Morgan fingerprint density at radius 2 is 1.79 bits per heavy atom. The molecular weight excluding hydrogens is 433 g/mol. The van der Waals surface area contributed by atoms with Crippen LogP contribution in [0.25, 0.3) is 17.1 Å². The largest absolute Gasteiger partial charge is 0.416 e. The maximum absolute atomic E-state index is 12.8. The summed E-state index contributed by atoms with van der Waals surface area (Å²) in [6, 6.07) is 14.3. The molecule has 7 nitrogen and oxygen atoms in total. The molecule has 2 aromatic carbocycles. The van der Waals surface area contributed by atoms with Crippen molar-refractivity contribution in [2.45, 2.75) is 25.7 Å². The van der Waals surface area contributed by atoms with E-state index in [1.54, 1.807) is 4.68 Å². The van der Waals surface area contributed by atoms with Crippen molar-refractivity contribution in [3.63, 3.8) is 0 Å². The van der Waals surface area contributed by atoms with Crippen molar-refractivity contribution in [2.24, 2.45) is 0 Å². The molecule has 0 radical (unpaired) electrons. The summed E-state index contributed by atoms with van der Waals surface area (Å²) >= 11 is 0. The van der Waals surface area contributed by atoms with Crippen molar-refractivity contribution in [1.82, 2.24) is 29.9 Å². The monoisotopic (exact) mass is 452 g/mol. The molecule has 5 rings (SSSR count). The molecule has 168 valence electrons. The quantitative estimate of drug-likeness (QED) is 0.512. The molecule has 0 amide bonds. The number of benzene rings is 2. The van der Waals surface area contributed by atoms with Crippen LogP contribution in [0.2, 0.25) is 0 Å². The maximum Gasteiger partial charge on any atom is 0.416 e. The van der Waals surface area contributed by atoms with E-state index in [9.17, 15) is 18.0 Å². The maximum atomic E-state index is 12.8. The number of para-hydroxylation sites is 1. The van der Waals surface area contributed by atoms with E-state index < -0.39 is 11.7 Å². The summed E-state index contributed by atoms with van der Waals surface area (Å²) in [5, 5.41) is 8.40. The molecular formula is C23H19F3N6O. The van der Waals surface area contributed by atoms with Crippen molar-refractivity contribution >= 4 is 0 Å². The summed E-state index contributed by atoms with van der Waals surface area (Å²) in [7, 11) is 0. The lowest BCUT2D eigenvalue weighted by molar-refractivity contribution is -0.137. The smallest absolute Gasteiger partial charge is 0.306 e. The summed E-state index contributed by atoms with van der Waals surface area (Å²) < 4.78 is 40.1. The van der Waals surface area contributed by atoms with Crippen LogP contribution in [-0.4, -0.2) is 36.4 Å². The second kappa shape index (κ2) is 8.28. The van der Waals surface area contributed by atoms with Gasteiger partial charge in [0.25, 0.3) is 5.56 Å². The molecule has 10 heteroatoms. The van der Waals surface area contributed by atoms with E-state index in [0.29, 0.717) is 42.9 Å². The number of aromatic amines is 1. The van der Waals surface area contributed by atoms with Crippen molar-refractivity contribution in [3.05, 3.63) is 93.7 Å². The lowest BCUT2D eigenvalue weighted by Crippen LogP contribution is -2.35. The molecule has 2 aromatic heterocycles. The Balaban J connectivity index is 1.32. The van der Waals surface area contributed by atoms with Gasteiger partial charge in [0.05, 0.1) is 34.4 Å². The Bertz CT molecular complexity index is 1330. The summed E-state index contributed by atoms with van der Waals surface area (Å²) in [5.41, 5.74) is 2.33. The topological polar surface area (TPSA) is 79.7 Å². The minimum Gasteiger partial charge on any atom is -0.306 e. The van der Waals surface area contributed by atoms with Crippen LogP contribution < -0.4 is 5.56 Å². The highest BCUT2D eigenvalue weighted by molar-refractivity contribution is 5.56. The standard InChI is InChI=1S/C23H19F3N6O/c24-23(25,26)16-8-6-15(7-9-16)21-27-20-10-11-31(14-19(20)22(33)28-21)12-17-13-32(30-29-17)18-4-2-1-3-5-18/h1-9,13H,10-12,14H2,(H,27,28,33). The molecule has 1 N–H and O–H groups in total. The van der Waals surface area contributed by atoms with E-state index in [4.69, 9.17) is 0 Å². The highest BCUT2D eigenvalue weighted by atomic mass is 19.4. The lowest BCUT2D eigenvalue weighted by atomic mass is 10.1. The fourth-order valence-electron chi connectivity index (χ4n) is 3.88. The van der Waals surface area contributed by atoms with Gasteiger partial charge in [0, 0.05) is 31.6 Å². The van der Waals surface area contributed by atoms with Crippen LogP contribution in [-0.2, 0) is 25.7 Å². The lowest BCUT2D eigenvalue weighted by Gasteiger charge is -2.26. The number of alkyl halides is 3. The van der Waals surface area contributed by atoms with Crippen LogP contribution in [0.15, 0.2) is 65.6 Å². The van der Waals surface area contributed by atoms with Gasteiger partial charge in [-0.25, -0.2) is 9.67 Å². The Labute approximate surface area is 186 Å². The molecule has 3 heterocycles. The number of hydrogen-bond acceptors (Lipinski definition) is 5. The van der Waals surface area contributed by atoms with E-state index in [0.717, 1.165) is 23.5 Å². The molecule has 0 fully saturated rings. The van der Waals surface area contributed by atoms with E-state index in [2.05, 4.69) is 25.2 Å². The molecule has 0 spiro atoms. The number of halogens is 3. The zero-order valence-corrected chi connectivity index (χ0v) is 17.4. The van der Waals surface area contributed by atoms with E-state index in [1.165, 1.54) is 12.1 Å². The molecule has 0 atom stereocenters. The Morgan fingerprint density at radius 1 is 1.03 bits per heavy atom. The summed E-state index contributed by atoms with van der Waals surface area (Å²) in [4.78, 5) is 22.1. The molecule has 1 aliphatic rings. The zero-order chi connectivity index (χ0) is 23.0. The predicted molar refractivity (Wildman–Crippen MR) is 114 cm³/mol.